The third kappa shape index (κ3) is 6.87. The second kappa shape index (κ2) is 15.2. The highest BCUT2D eigenvalue weighted by molar-refractivity contribution is 7.15. The van der Waals surface area contributed by atoms with Crippen LogP contribution in [0.3, 0.4) is 0 Å². The number of ether oxygens (including phenoxy) is 1. The molecular weight excluding hydrogens is 835 g/mol. The molecule has 13 nitrogen and oxygen atoms in total. The number of halogens is 4. The van der Waals surface area contributed by atoms with Crippen LogP contribution in [0.5, 0.6) is 0 Å². The van der Waals surface area contributed by atoms with E-state index >= 15 is 0 Å². The van der Waals surface area contributed by atoms with Gasteiger partial charge in [0.2, 0.25) is 5.91 Å². The highest BCUT2D eigenvalue weighted by Crippen LogP contribution is 2.45. The molecule has 4 aromatic heterocycles. The number of benzene rings is 2. The molecule has 5 aliphatic rings. The topological polar surface area (TPSA) is 153 Å². The molecule has 1 saturated heterocycles. The molecule has 0 bridgehead atoms. The Morgan fingerprint density at radius 1 is 0.656 bits per heavy atom. The first kappa shape index (κ1) is 39.2. The fourth-order valence-electron chi connectivity index (χ4n) is 8.89. The molecule has 312 valence electrons. The zero-order valence-electron chi connectivity index (χ0n) is 32.7. The number of aromatic nitrogens is 6. The maximum Gasteiger partial charge on any atom is 0.307 e. The van der Waals surface area contributed by atoms with E-state index in [0.717, 1.165) is 60.0 Å². The van der Waals surface area contributed by atoms with Crippen molar-refractivity contribution in [2.24, 2.45) is 21.8 Å². The van der Waals surface area contributed by atoms with Gasteiger partial charge in [0, 0.05) is 63.1 Å². The van der Waals surface area contributed by atoms with E-state index in [0.29, 0.717) is 92.0 Å². The quantitative estimate of drug-likeness (QED) is 0.215. The fraction of sp³-hybridized carbons (Fsp3) is 0.333. The van der Waals surface area contributed by atoms with Gasteiger partial charge in [-0.2, -0.15) is 0 Å². The molecule has 2 aromatic carbocycles. The maximum atomic E-state index is 14.1. The molecule has 1 fully saturated rings. The minimum absolute atomic E-state index is 0.139. The monoisotopic (exact) mass is 869 g/mol. The summed E-state index contributed by atoms with van der Waals surface area (Å²) in [6.07, 6.45) is 2.02. The Labute approximate surface area is 353 Å². The molecule has 0 spiro atoms. The first-order chi connectivity index (χ1) is 29.4. The Morgan fingerprint density at radius 2 is 1.10 bits per heavy atom. The summed E-state index contributed by atoms with van der Waals surface area (Å²) in [6.45, 7) is 6.52. The molecule has 3 aliphatic heterocycles. The van der Waals surface area contributed by atoms with Crippen molar-refractivity contribution in [1.82, 2.24) is 34.4 Å². The standard InChI is InChI=1S/C23H21F2N5O2S.C19H14F2N4O2S/c1-12-27-28-19-11-26-21(13-6-15(24)10-16(25)7-13)20-17-8-14(9-18(17)33-23(20)30(12)19)22(31)29-2-4-32-5-3-29;1-8-23-24-15-7-22-17(9-2-11(20)6-12(21)3-9)16-13-4-10(19(26)27)5-14(13)28-18(16)25(8)15/h6-7,10,14H,2-5,8-9,11H2,1H3;2-3,6,10H,4-5,7H2,1H3,(H,26,27). The number of thiophene rings is 2. The zero-order chi connectivity index (χ0) is 42.3. The molecule has 1 N–H and O–H groups in total. The second-order valence-corrected chi connectivity index (χ2v) is 17.7. The first-order valence-corrected chi connectivity index (χ1v) is 21.3. The number of hydrogen-bond acceptors (Lipinski definition) is 11. The number of fused-ring (bicyclic) bond motifs is 10. The third-order valence-electron chi connectivity index (χ3n) is 11.6. The molecule has 7 heterocycles. The molecular formula is C42H35F4N9O4S2. The lowest BCUT2D eigenvalue weighted by Gasteiger charge is -2.29. The number of amides is 1. The predicted octanol–water partition coefficient (Wildman–Crippen LogP) is 5.91. The normalized spacial score (nSPS) is 18.6. The second-order valence-electron chi connectivity index (χ2n) is 15.5. The van der Waals surface area contributed by atoms with Crippen molar-refractivity contribution in [3.8, 4) is 10.0 Å². The number of morpholine rings is 1. The van der Waals surface area contributed by atoms with Gasteiger partial charge in [0.25, 0.3) is 0 Å². The first-order valence-electron chi connectivity index (χ1n) is 19.6. The number of aliphatic imine (C=N–C) groups is 2. The van der Waals surface area contributed by atoms with Crippen molar-refractivity contribution in [2.75, 3.05) is 26.3 Å². The number of aliphatic carboxylic acids is 1. The van der Waals surface area contributed by atoms with Crippen molar-refractivity contribution in [3.05, 3.63) is 126 Å². The average Bonchev–Trinajstić information content (AvgIpc) is 4.06. The number of hydrogen-bond donors (Lipinski definition) is 1. The van der Waals surface area contributed by atoms with Gasteiger partial charge in [0.15, 0.2) is 11.6 Å². The van der Waals surface area contributed by atoms with Crippen molar-refractivity contribution < 1.29 is 37.0 Å². The maximum absolute atomic E-state index is 14.1. The van der Waals surface area contributed by atoms with E-state index in [1.165, 1.54) is 35.6 Å². The fourth-order valence-corrected chi connectivity index (χ4v) is 11.8. The molecule has 2 atom stereocenters. The van der Waals surface area contributed by atoms with Crippen LogP contribution in [0.15, 0.2) is 46.4 Å². The molecule has 61 heavy (non-hydrogen) atoms. The largest absolute Gasteiger partial charge is 0.481 e. The average molecular weight is 870 g/mol. The minimum Gasteiger partial charge on any atom is -0.481 e. The lowest BCUT2D eigenvalue weighted by Crippen LogP contribution is -2.44. The zero-order valence-corrected chi connectivity index (χ0v) is 34.3. The van der Waals surface area contributed by atoms with Gasteiger partial charge < -0.3 is 14.7 Å². The van der Waals surface area contributed by atoms with Gasteiger partial charge >= 0.3 is 5.97 Å². The summed E-state index contributed by atoms with van der Waals surface area (Å²) >= 11 is 3.07. The van der Waals surface area contributed by atoms with Crippen LogP contribution in [0.2, 0.25) is 0 Å². The molecule has 0 radical (unpaired) electrons. The Kier molecular flexibility index (Phi) is 9.78. The summed E-state index contributed by atoms with van der Waals surface area (Å²) in [5.74, 6) is -1.29. The highest BCUT2D eigenvalue weighted by Gasteiger charge is 2.39. The third-order valence-corrected chi connectivity index (χ3v) is 14.1. The number of carbonyl (C=O) groups is 2. The lowest BCUT2D eigenvalue weighted by molar-refractivity contribution is -0.141. The Bertz CT molecular complexity index is 2830. The number of carboxylic acid groups (broad SMARTS) is 1. The van der Waals surface area contributed by atoms with Crippen LogP contribution in [0.1, 0.15) is 66.4 Å². The molecule has 11 rings (SSSR count). The molecule has 1 amide bonds. The SMILES string of the molecule is Cc1nnc2n1-c1sc3c(c1C(c1cc(F)cc(F)c1)=NC2)CC(C(=O)N1CCOCC1)C3.Cc1nnc2n1-c1sc3c(c1C(c1cc(F)cc(F)c1)=NC2)CC(C(=O)O)C3. The number of carbonyl (C=O) groups excluding carboxylic acids is 1. The lowest BCUT2D eigenvalue weighted by atomic mass is 9.97. The summed E-state index contributed by atoms with van der Waals surface area (Å²) in [5.41, 5.74) is 5.19. The summed E-state index contributed by atoms with van der Waals surface area (Å²) < 4.78 is 65.3. The summed E-state index contributed by atoms with van der Waals surface area (Å²) in [6, 6.07) is 6.78. The van der Waals surface area contributed by atoms with Gasteiger partial charge in [0.05, 0.1) is 30.6 Å². The number of nitrogens with zero attached hydrogens (tertiary/aromatic N) is 9. The van der Waals surface area contributed by atoms with Gasteiger partial charge in [-0.15, -0.1) is 43.1 Å². The molecule has 2 unspecified atom stereocenters. The van der Waals surface area contributed by atoms with E-state index < -0.39 is 35.2 Å². The van der Waals surface area contributed by atoms with E-state index in [2.05, 4.69) is 25.4 Å². The van der Waals surface area contributed by atoms with E-state index in [-0.39, 0.29) is 24.9 Å². The predicted molar refractivity (Wildman–Crippen MR) is 216 cm³/mol. The number of carboxylic acids is 1. The number of aryl methyl sites for hydroxylation is 2. The molecule has 0 saturated carbocycles. The van der Waals surface area contributed by atoms with Crippen molar-refractivity contribution >= 4 is 46.0 Å². The van der Waals surface area contributed by atoms with Crippen LogP contribution in [0, 0.1) is 49.0 Å². The smallest absolute Gasteiger partial charge is 0.307 e. The molecule has 6 aromatic rings. The van der Waals surface area contributed by atoms with Crippen molar-refractivity contribution in [2.45, 2.75) is 52.6 Å². The van der Waals surface area contributed by atoms with E-state index in [9.17, 15) is 32.3 Å². The van der Waals surface area contributed by atoms with Crippen LogP contribution >= 0.6 is 22.7 Å². The van der Waals surface area contributed by atoms with E-state index in [4.69, 9.17) is 9.73 Å². The molecule has 2 aliphatic carbocycles. The Hall–Kier alpha value is -5.92. The van der Waals surface area contributed by atoms with Gasteiger partial charge in [0.1, 0.15) is 58.0 Å². The number of rotatable bonds is 4. The summed E-state index contributed by atoms with van der Waals surface area (Å²) in [4.78, 5) is 38.0. The molecule has 19 heteroatoms. The van der Waals surface area contributed by atoms with Crippen LogP contribution in [0.25, 0.3) is 10.0 Å². The highest BCUT2D eigenvalue weighted by atomic mass is 32.1. The Balaban J connectivity index is 0.000000148. The van der Waals surface area contributed by atoms with Crippen molar-refractivity contribution in [3.63, 3.8) is 0 Å². The van der Waals surface area contributed by atoms with Crippen LogP contribution in [-0.2, 0) is 53.1 Å². The van der Waals surface area contributed by atoms with E-state index in [1.807, 2.05) is 27.9 Å². The van der Waals surface area contributed by atoms with Gasteiger partial charge in [-0.05, 0) is 74.9 Å². The van der Waals surface area contributed by atoms with Crippen LogP contribution in [-0.4, -0.2) is 89.1 Å². The van der Waals surface area contributed by atoms with Crippen LogP contribution in [0.4, 0.5) is 17.6 Å². The van der Waals surface area contributed by atoms with Gasteiger partial charge in [-0.25, -0.2) is 17.6 Å². The van der Waals surface area contributed by atoms with Crippen molar-refractivity contribution in [1.29, 1.82) is 0 Å². The minimum atomic E-state index is -0.845. The van der Waals surface area contributed by atoms with Gasteiger partial charge in [-0.3, -0.25) is 28.7 Å². The van der Waals surface area contributed by atoms with Gasteiger partial charge in [-0.1, -0.05) is 0 Å². The summed E-state index contributed by atoms with van der Waals surface area (Å²) in [5, 5.41) is 27.9. The summed E-state index contributed by atoms with van der Waals surface area (Å²) in [7, 11) is 0. The Morgan fingerprint density at radius 3 is 1.56 bits per heavy atom. The van der Waals surface area contributed by atoms with E-state index in [1.54, 1.807) is 11.3 Å². The van der Waals surface area contributed by atoms with Crippen LogP contribution < -0.4 is 0 Å².